The van der Waals surface area contributed by atoms with E-state index in [1.54, 1.807) is 24.3 Å². The fourth-order valence-electron chi connectivity index (χ4n) is 4.31. The lowest BCUT2D eigenvalue weighted by Gasteiger charge is -2.26. The number of halogens is 1. The molecular formula is C23H23ClN4O3S. The Labute approximate surface area is 194 Å². The average molecular weight is 471 g/mol. The van der Waals surface area contributed by atoms with Crippen molar-refractivity contribution in [2.75, 3.05) is 6.54 Å². The van der Waals surface area contributed by atoms with E-state index in [-0.39, 0.29) is 23.6 Å². The number of aryl methyl sites for hydroxylation is 1. The summed E-state index contributed by atoms with van der Waals surface area (Å²) in [4.78, 5) is 40.4. The summed E-state index contributed by atoms with van der Waals surface area (Å²) in [6, 6.07) is 10.2. The first-order valence-electron chi connectivity index (χ1n) is 10.4. The SMILES string of the molecule is N=C(N)c1cccc(CCCN2C(=O)[C@H]3[C@H](CC=C[C@H]3NC(=O)c3ccc(Cl)s3)C2=O)c1. The maximum atomic E-state index is 13.1. The lowest BCUT2D eigenvalue weighted by Crippen LogP contribution is -2.45. The third-order valence-electron chi connectivity index (χ3n) is 5.87. The van der Waals surface area contributed by atoms with Crippen LogP contribution in [0.2, 0.25) is 4.34 Å². The van der Waals surface area contributed by atoms with Crippen LogP contribution in [-0.2, 0) is 16.0 Å². The van der Waals surface area contributed by atoms with Gasteiger partial charge in [0.25, 0.3) is 5.91 Å². The van der Waals surface area contributed by atoms with E-state index in [4.69, 9.17) is 22.7 Å². The minimum absolute atomic E-state index is 0.00577. The lowest BCUT2D eigenvalue weighted by atomic mass is 9.81. The van der Waals surface area contributed by atoms with E-state index < -0.39 is 17.9 Å². The highest BCUT2D eigenvalue weighted by atomic mass is 35.5. The van der Waals surface area contributed by atoms with Gasteiger partial charge in [-0.3, -0.25) is 24.7 Å². The number of carbonyl (C=O) groups is 3. The third-order valence-corrected chi connectivity index (χ3v) is 7.10. The largest absolute Gasteiger partial charge is 0.384 e. The molecule has 3 amide bonds. The average Bonchev–Trinajstić information content (AvgIpc) is 3.31. The standard InChI is InChI=1S/C23H23ClN4O3S/c24-18-10-9-17(32-18)21(29)27-16-8-2-7-15-19(16)23(31)28(22(15)30)11-3-5-13-4-1-6-14(12-13)20(25)26/h1-2,4,6,8-10,12,15-16,19H,3,5,7,11H2,(H3,25,26)(H,27,29)/t15-,16+,19-/m0/s1. The number of amidine groups is 1. The quantitative estimate of drug-likeness (QED) is 0.249. The minimum atomic E-state index is -0.590. The molecule has 166 valence electrons. The van der Waals surface area contributed by atoms with Gasteiger partial charge in [0.2, 0.25) is 11.8 Å². The van der Waals surface area contributed by atoms with Crippen LogP contribution in [0.15, 0.2) is 48.6 Å². The zero-order valence-corrected chi connectivity index (χ0v) is 18.8. The van der Waals surface area contributed by atoms with Crippen LogP contribution in [0.3, 0.4) is 0 Å². The molecule has 2 heterocycles. The number of fused-ring (bicyclic) bond motifs is 1. The number of hydrogen-bond donors (Lipinski definition) is 3. The highest BCUT2D eigenvalue weighted by molar-refractivity contribution is 7.18. The maximum absolute atomic E-state index is 13.1. The normalized spacial score (nSPS) is 22.2. The van der Waals surface area contributed by atoms with Gasteiger partial charge in [-0.2, -0.15) is 0 Å². The number of likely N-dealkylation sites (tertiary alicyclic amines) is 1. The van der Waals surface area contributed by atoms with Crippen LogP contribution < -0.4 is 11.1 Å². The van der Waals surface area contributed by atoms with Crippen LogP contribution in [-0.4, -0.2) is 41.0 Å². The van der Waals surface area contributed by atoms with E-state index in [2.05, 4.69) is 5.32 Å². The summed E-state index contributed by atoms with van der Waals surface area (Å²) in [6.07, 6.45) is 5.41. The smallest absolute Gasteiger partial charge is 0.261 e. The molecule has 4 rings (SSSR count). The van der Waals surface area contributed by atoms with Crippen LogP contribution in [0.4, 0.5) is 0 Å². The second-order valence-electron chi connectivity index (χ2n) is 7.94. The number of nitrogens with one attached hydrogen (secondary N) is 2. The minimum Gasteiger partial charge on any atom is -0.384 e. The zero-order chi connectivity index (χ0) is 22.8. The van der Waals surface area contributed by atoms with Crippen LogP contribution in [0.5, 0.6) is 0 Å². The molecule has 1 aromatic heterocycles. The number of nitrogens with two attached hydrogens (primary N) is 1. The van der Waals surface area contributed by atoms with Crippen LogP contribution in [0, 0.1) is 17.2 Å². The third kappa shape index (κ3) is 4.47. The molecular weight excluding hydrogens is 448 g/mol. The Hall–Kier alpha value is -2.97. The molecule has 0 bridgehead atoms. The van der Waals surface area contributed by atoms with Crippen molar-refractivity contribution in [1.82, 2.24) is 10.2 Å². The molecule has 0 spiro atoms. The van der Waals surface area contributed by atoms with Crippen molar-refractivity contribution in [3.8, 4) is 0 Å². The molecule has 9 heteroatoms. The van der Waals surface area contributed by atoms with Gasteiger partial charge in [0, 0.05) is 12.1 Å². The predicted molar refractivity (Wildman–Crippen MR) is 124 cm³/mol. The first-order chi connectivity index (χ1) is 15.3. The van der Waals surface area contributed by atoms with Crippen molar-refractivity contribution in [3.05, 3.63) is 68.9 Å². The number of nitrogen functional groups attached to an aromatic ring is 1. The Morgan fingerprint density at radius 3 is 2.78 bits per heavy atom. The van der Waals surface area contributed by atoms with Crippen LogP contribution in [0.25, 0.3) is 0 Å². The summed E-state index contributed by atoms with van der Waals surface area (Å²) in [5.74, 6) is -1.76. The molecule has 1 aliphatic carbocycles. The molecule has 1 fully saturated rings. The van der Waals surface area contributed by atoms with E-state index in [1.165, 1.54) is 16.2 Å². The maximum Gasteiger partial charge on any atom is 0.261 e. The lowest BCUT2D eigenvalue weighted by molar-refractivity contribution is -0.140. The van der Waals surface area contributed by atoms with Gasteiger partial charge in [-0.1, -0.05) is 42.0 Å². The number of amides is 3. The van der Waals surface area contributed by atoms with E-state index in [1.807, 2.05) is 24.3 Å². The van der Waals surface area contributed by atoms with Gasteiger partial charge in [-0.05, 0) is 43.0 Å². The summed E-state index contributed by atoms with van der Waals surface area (Å²) in [5, 5.41) is 10.4. The van der Waals surface area contributed by atoms with Crippen molar-refractivity contribution in [2.24, 2.45) is 17.6 Å². The second-order valence-corrected chi connectivity index (χ2v) is 9.66. The van der Waals surface area contributed by atoms with Crippen molar-refractivity contribution in [2.45, 2.75) is 25.3 Å². The molecule has 1 saturated heterocycles. The molecule has 1 aliphatic heterocycles. The summed E-state index contributed by atoms with van der Waals surface area (Å²) in [5.41, 5.74) is 7.19. The fourth-order valence-corrected chi connectivity index (χ4v) is 5.26. The monoisotopic (exact) mass is 470 g/mol. The van der Waals surface area contributed by atoms with E-state index in [9.17, 15) is 14.4 Å². The molecule has 3 atom stereocenters. The number of imide groups is 1. The van der Waals surface area contributed by atoms with E-state index in [0.29, 0.717) is 40.6 Å². The summed E-state index contributed by atoms with van der Waals surface area (Å²) < 4.78 is 0.513. The van der Waals surface area contributed by atoms with Crippen LogP contribution >= 0.6 is 22.9 Å². The van der Waals surface area contributed by atoms with Gasteiger partial charge in [-0.15, -0.1) is 11.3 Å². The molecule has 2 aromatic rings. The van der Waals surface area contributed by atoms with Crippen LogP contribution in [0.1, 0.15) is 33.6 Å². The van der Waals surface area contributed by atoms with Gasteiger partial charge < -0.3 is 11.1 Å². The Morgan fingerprint density at radius 2 is 2.06 bits per heavy atom. The number of nitrogens with zero attached hydrogens (tertiary/aromatic N) is 1. The number of rotatable bonds is 7. The number of carbonyl (C=O) groups excluding carboxylic acids is 3. The number of thiophene rings is 1. The first kappa shape index (κ1) is 22.2. The van der Waals surface area contributed by atoms with Crippen molar-refractivity contribution in [1.29, 1.82) is 5.41 Å². The highest BCUT2D eigenvalue weighted by Gasteiger charge is 2.51. The number of hydrogen-bond acceptors (Lipinski definition) is 5. The summed E-state index contributed by atoms with van der Waals surface area (Å²) in [7, 11) is 0. The van der Waals surface area contributed by atoms with Gasteiger partial charge in [-0.25, -0.2) is 0 Å². The molecule has 7 nitrogen and oxygen atoms in total. The van der Waals surface area contributed by atoms with Gasteiger partial charge in [0.15, 0.2) is 0 Å². The van der Waals surface area contributed by atoms with E-state index in [0.717, 1.165) is 5.56 Å². The molecule has 4 N–H and O–H groups in total. The molecule has 0 saturated carbocycles. The second kappa shape index (κ2) is 9.26. The van der Waals surface area contributed by atoms with Gasteiger partial charge in [0.05, 0.1) is 27.1 Å². The molecule has 0 radical (unpaired) electrons. The Kier molecular flexibility index (Phi) is 6.43. The first-order valence-corrected chi connectivity index (χ1v) is 11.6. The molecule has 2 aliphatic rings. The van der Waals surface area contributed by atoms with E-state index >= 15 is 0 Å². The van der Waals surface area contributed by atoms with Gasteiger partial charge in [0.1, 0.15) is 5.84 Å². The number of allylic oxidation sites excluding steroid dienone is 1. The van der Waals surface area contributed by atoms with Crippen molar-refractivity contribution < 1.29 is 14.4 Å². The highest BCUT2D eigenvalue weighted by Crippen LogP contribution is 2.36. The van der Waals surface area contributed by atoms with Crippen molar-refractivity contribution in [3.63, 3.8) is 0 Å². The molecule has 0 unspecified atom stereocenters. The molecule has 32 heavy (non-hydrogen) atoms. The van der Waals surface area contributed by atoms with Gasteiger partial charge >= 0.3 is 0 Å². The summed E-state index contributed by atoms with van der Waals surface area (Å²) in [6.45, 7) is 0.316. The summed E-state index contributed by atoms with van der Waals surface area (Å²) >= 11 is 7.09. The number of benzene rings is 1. The van der Waals surface area contributed by atoms with Crippen molar-refractivity contribution >= 4 is 46.5 Å². The Bertz CT molecular complexity index is 1110. The fraction of sp³-hybridized carbons (Fsp3) is 0.304. The topological polar surface area (TPSA) is 116 Å². The Balaban J connectivity index is 1.40. The predicted octanol–water partition coefficient (Wildman–Crippen LogP) is 2.98. The molecule has 1 aromatic carbocycles. The zero-order valence-electron chi connectivity index (χ0n) is 17.2. The Morgan fingerprint density at radius 1 is 1.25 bits per heavy atom.